The van der Waals surface area contributed by atoms with E-state index >= 15 is 0 Å². The molecule has 0 aliphatic carbocycles. The fourth-order valence-corrected chi connectivity index (χ4v) is 2.02. The average molecular weight is 343 g/mol. The molecule has 7 heteroatoms. The minimum Gasteiger partial charge on any atom is -0.479 e. The molecule has 0 heterocycles. The van der Waals surface area contributed by atoms with Gasteiger partial charge in [0, 0.05) is 0 Å². The lowest BCUT2D eigenvalue weighted by atomic mass is 10.1. The van der Waals surface area contributed by atoms with E-state index in [2.05, 4.69) is 0 Å². The third kappa shape index (κ3) is 5.76. The van der Waals surface area contributed by atoms with Crippen LogP contribution in [0.15, 0.2) is 18.2 Å². The van der Waals surface area contributed by atoms with Crippen molar-refractivity contribution in [3.05, 3.63) is 29.3 Å². The number of esters is 1. The highest BCUT2D eigenvalue weighted by molar-refractivity contribution is 5.75. The second-order valence-corrected chi connectivity index (χ2v) is 6.04. The molecule has 1 unspecified atom stereocenters. The molecule has 0 N–H and O–H groups in total. The molecule has 0 saturated carbocycles. The number of nitrogens with zero attached hydrogens (tertiary/aromatic N) is 1. The third-order valence-electron chi connectivity index (χ3n) is 3.00. The molecular weight excluding hydrogens is 323 g/mol. The predicted molar refractivity (Wildman–Crippen MR) is 81.3 cm³/mol. The van der Waals surface area contributed by atoms with Crippen LogP contribution in [0, 0.1) is 17.2 Å². The van der Waals surface area contributed by atoms with Gasteiger partial charge in [-0.05, 0) is 44.4 Å². The topological polar surface area (TPSA) is 59.3 Å². The number of halogens is 3. The van der Waals surface area contributed by atoms with Gasteiger partial charge in [0.1, 0.15) is 5.75 Å². The van der Waals surface area contributed by atoms with Crippen molar-refractivity contribution in [2.24, 2.45) is 5.92 Å². The first-order valence-electron chi connectivity index (χ1n) is 7.53. The van der Waals surface area contributed by atoms with Crippen molar-refractivity contribution in [3.8, 4) is 11.8 Å². The summed E-state index contributed by atoms with van der Waals surface area (Å²) in [5.41, 5.74) is -1.59. The van der Waals surface area contributed by atoms with Crippen LogP contribution >= 0.6 is 0 Å². The van der Waals surface area contributed by atoms with Crippen LogP contribution in [-0.2, 0) is 15.7 Å². The summed E-state index contributed by atoms with van der Waals surface area (Å²) < 4.78 is 49.5. The van der Waals surface area contributed by atoms with E-state index < -0.39 is 29.4 Å². The summed E-state index contributed by atoms with van der Waals surface area (Å²) in [6, 6.07) is 4.49. The first-order chi connectivity index (χ1) is 11.0. The number of ether oxygens (including phenoxy) is 2. The lowest BCUT2D eigenvalue weighted by Crippen LogP contribution is -2.32. The van der Waals surface area contributed by atoms with E-state index in [1.54, 1.807) is 13.8 Å². The van der Waals surface area contributed by atoms with Gasteiger partial charge in [-0.1, -0.05) is 13.8 Å². The number of hydrogen-bond donors (Lipinski definition) is 0. The number of carbonyl (C=O) groups excluding carboxylic acids is 1. The number of nitriles is 1. The molecule has 1 rings (SSSR count). The van der Waals surface area contributed by atoms with Crippen LogP contribution in [0.3, 0.4) is 0 Å². The number of rotatable bonds is 6. The summed E-state index contributed by atoms with van der Waals surface area (Å²) in [4.78, 5) is 12.1. The highest BCUT2D eigenvalue weighted by Gasteiger charge is 2.34. The summed E-state index contributed by atoms with van der Waals surface area (Å²) in [6.45, 7) is 7.07. The van der Waals surface area contributed by atoms with E-state index in [4.69, 9.17) is 14.7 Å². The zero-order valence-electron chi connectivity index (χ0n) is 14.0. The lowest BCUT2D eigenvalue weighted by molar-refractivity contribution is -0.156. The monoisotopic (exact) mass is 343 g/mol. The Morgan fingerprint density at radius 2 is 1.88 bits per heavy atom. The van der Waals surface area contributed by atoms with Gasteiger partial charge in [-0.2, -0.15) is 18.4 Å². The SMILES string of the molecule is CC(C)CC(Oc1ccc(C#N)c(C(F)(F)F)c1)C(=O)OC(C)C. The van der Waals surface area contributed by atoms with Crippen LogP contribution in [0.1, 0.15) is 45.2 Å². The van der Waals surface area contributed by atoms with Gasteiger partial charge < -0.3 is 9.47 Å². The van der Waals surface area contributed by atoms with Gasteiger partial charge in [0.2, 0.25) is 0 Å². The molecule has 0 aromatic heterocycles. The molecule has 0 radical (unpaired) electrons. The Balaban J connectivity index is 3.10. The maximum atomic E-state index is 13.0. The maximum Gasteiger partial charge on any atom is 0.417 e. The minimum atomic E-state index is -4.68. The zero-order valence-corrected chi connectivity index (χ0v) is 14.0. The van der Waals surface area contributed by atoms with Crippen molar-refractivity contribution in [1.82, 2.24) is 0 Å². The molecule has 0 bridgehead atoms. The van der Waals surface area contributed by atoms with Crippen molar-refractivity contribution >= 4 is 5.97 Å². The van der Waals surface area contributed by atoms with E-state index in [9.17, 15) is 18.0 Å². The van der Waals surface area contributed by atoms with Gasteiger partial charge >= 0.3 is 12.1 Å². The van der Waals surface area contributed by atoms with Crippen LogP contribution in [0.4, 0.5) is 13.2 Å². The Labute approximate surface area is 139 Å². The van der Waals surface area contributed by atoms with Gasteiger partial charge in [0.15, 0.2) is 6.10 Å². The Morgan fingerprint density at radius 3 is 2.33 bits per heavy atom. The molecule has 1 aromatic carbocycles. The van der Waals surface area contributed by atoms with E-state index in [-0.39, 0.29) is 17.8 Å². The summed E-state index contributed by atoms with van der Waals surface area (Å²) >= 11 is 0. The number of benzene rings is 1. The fourth-order valence-electron chi connectivity index (χ4n) is 2.02. The van der Waals surface area contributed by atoms with Crippen molar-refractivity contribution in [2.75, 3.05) is 0 Å². The number of carbonyl (C=O) groups is 1. The highest BCUT2D eigenvalue weighted by Crippen LogP contribution is 2.34. The molecule has 0 amide bonds. The van der Waals surface area contributed by atoms with Gasteiger partial charge in [-0.15, -0.1) is 0 Å². The minimum absolute atomic E-state index is 0.0789. The van der Waals surface area contributed by atoms with Crippen molar-refractivity contribution in [1.29, 1.82) is 5.26 Å². The van der Waals surface area contributed by atoms with Gasteiger partial charge in [0.05, 0.1) is 23.3 Å². The molecule has 24 heavy (non-hydrogen) atoms. The van der Waals surface area contributed by atoms with Crippen LogP contribution in [0.2, 0.25) is 0 Å². The van der Waals surface area contributed by atoms with Crippen molar-refractivity contribution in [2.45, 2.75) is 52.5 Å². The Morgan fingerprint density at radius 1 is 1.25 bits per heavy atom. The molecule has 4 nitrogen and oxygen atoms in total. The molecule has 0 aliphatic rings. The molecule has 1 aromatic rings. The summed E-state index contributed by atoms with van der Waals surface area (Å²) in [6.07, 6.45) is -5.76. The van der Waals surface area contributed by atoms with Crippen molar-refractivity contribution in [3.63, 3.8) is 0 Å². The summed E-state index contributed by atoms with van der Waals surface area (Å²) in [5, 5.41) is 8.80. The molecule has 0 spiro atoms. The Bertz CT molecular complexity index is 618. The molecule has 0 fully saturated rings. The molecule has 0 aliphatic heterocycles. The predicted octanol–water partition coefficient (Wildman–Crippen LogP) is 4.32. The standard InChI is InChI=1S/C17H20F3NO3/c1-10(2)7-15(16(22)23-11(3)4)24-13-6-5-12(9-21)14(8-13)17(18,19)20/h5-6,8,10-11,15H,7H2,1-4H3. The molecule has 1 atom stereocenters. The second-order valence-electron chi connectivity index (χ2n) is 6.04. The normalized spacial score (nSPS) is 12.8. The largest absolute Gasteiger partial charge is 0.479 e. The molecular formula is C17H20F3NO3. The van der Waals surface area contributed by atoms with Crippen LogP contribution in [0.25, 0.3) is 0 Å². The van der Waals surface area contributed by atoms with E-state index in [1.807, 2.05) is 13.8 Å². The summed E-state index contributed by atoms with van der Waals surface area (Å²) in [7, 11) is 0. The average Bonchev–Trinajstić information content (AvgIpc) is 2.44. The second kappa shape index (κ2) is 8.04. The van der Waals surface area contributed by atoms with Gasteiger partial charge in [-0.25, -0.2) is 4.79 Å². The number of alkyl halides is 3. The smallest absolute Gasteiger partial charge is 0.417 e. The van der Waals surface area contributed by atoms with Crippen LogP contribution < -0.4 is 4.74 Å². The van der Waals surface area contributed by atoms with E-state index in [1.165, 1.54) is 12.1 Å². The quantitative estimate of drug-likeness (QED) is 0.722. The Kier molecular flexibility index (Phi) is 6.64. The third-order valence-corrected chi connectivity index (χ3v) is 3.00. The zero-order chi connectivity index (χ0) is 18.5. The first-order valence-corrected chi connectivity index (χ1v) is 7.53. The Hall–Kier alpha value is -2.23. The number of hydrogen-bond acceptors (Lipinski definition) is 4. The van der Waals surface area contributed by atoms with Crippen LogP contribution in [0.5, 0.6) is 5.75 Å². The van der Waals surface area contributed by atoms with E-state index in [0.29, 0.717) is 6.42 Å². The first kappa shape index (κ1) is 19.8. The lowest BCUT2D eigenvalue weighted by Gasteiger charge is -2.21. The summed E-state index contributed by atoms with van der Waals surface area (Å²) in [5.74, 6) is -0.681. The van der Waals surface area contributed by atoms with Gasteiger partial charge in [-0.3, -0.25) is 0 Å². The fraction of sp³-hybridized carbons (Fsp3) is 0.529. The highest BCUT2D eigenvalue weighted by atomic mass is 19.4. The van der Waals surface area contributed by atoms with Crippen molar-refractivity contribution < 1.29 is 27.4 Å². The van der Waals surface area contributed by atoms with Gasteiger partial charge in [0.25, 0.3) is 0 Å². The molecule has 0 saturated heterocycles. The maximum absolute atomic E-state index is 13.0. The van der Waals surface area contributed by atoms with E-state index in [0.717, 1.165) is 12.1 Å². The molecule has 132 valence electrons. The van der Waals surface area contributed by atoms with Crippen LogP contribution in [-0.4, -0.2) is 18.2 Å².